The quantitative estimate of drug-likeness (QED) is 0.618. The first-order valence-corrected chi connectivity index (χ1v) is 4.56. The lowest BCUT2D eigenvalue weighted by molar-refractivity contribution is -0.153. The van der Waals surface area contributed by atoms with Gasteiger partial charge in [-0.15, -0.1) is 0 Å². The van der Waals surface area contributed by atoms with E-state index < -0.39 is 18.0 Å². The summed E-state index contributed by atoms with van der Waals surface area (Å²) in [5.41, 5.74) is 0. The normalized spacial score (nSPS) is 26.5. The minimum absolute atomic E-state index is 0.104. The van der Waals surface area contributed by atoms with Gasteiger partial charge in [-0.25, -0.2) is 4.79 Å². The molecule has 0 spiro atoms. The Bertz CT molecular complexity index is 212. The van der Waals surface area contributed by atoms with Crippen LogP contribution in [-0.2, 0) is 9.59 Å². The fourth-order valence-electron chi connectivity index (χ4n) is 1.69. The SMILES string of the molecule is O=C1CCCCC[C@H]1[C@@H](O)C(=O)O. The third kappa shape index (κ3) is 2.52. The molecular weight excluding hydrogens is 172 g/mol. The summed E-state index contributed by atoms with van der Waals surface area (Å²) in [5.74, 6) is -2.08. The third-order valence-electron chi connectivity index (χ3n) is 2.49. The highest BCUT2D eigenvalue weighted by Crippen LogP contribution is 2.22. The van der Waals surface area contributed by atoms with Crippen LogP contribution in [0.3, 0.4) is 0 Å². The first kappa shape index (κ1) is 10.2. The summed E-state index contributed by atoms with van der Waals surface area (Å²) >= 11 is 0. The predicted octanol–water partition coefficient (Wildman–Crippen LogP) is 0.581. The van der Waals surface area contributed by atoms with Gasteiger partial charge in [0, 0.05) is 6.42 Å². The van der Waals surface area contributed by atoms with Crippen LogP contribution >= 0.6 is 0 Å². The van der Waals surface area contributed by atoms with Crippen molar-refractivity contribution in [2.24, 2.45) is 5.92 Å². The molecule has 2 atom stereocenters. The van der Waals surface area contributed by atoms with Crippen molar-refractivity contribution in [2.45, 2.75) is 38.2 Å². The molecule has 0 aliphatic heterocycles. The summed E-state index contributed by atoms with van der Waals surface area (Å²) in [6, 6.07) is 0. The lowest BCUT2D eigenvalue weighted by Crippen LogP contribution is -2.34. The van der Waals surface area contributed by atoms with Crippen molar-refractivity contribution in [3.63, 3.8) is 0 Å². The lowest BCUT2D eigenvalue weighted by Gasteiger charge is -2.15. The number of ketones is 1. The molecule has 1 rings (SSSR count). The molecule has 0 aromatic heterocycles. The molecule has 4 nitrogen and oxygen atoms in total. The molecule has 13 heavy (non-hydrogen) atoms. The highest BCUT2D eigenvalue weighted by atomic mass is 16.4. The first-order valence-electron chi connectivity index (χ1n) is 4.56. The number of carbonyl (C=O) groups excluding carboxylic acids is 1. The summed E-state index contributed by atoms with van der Waals surface area (Å²) in [6.07, 6.45) is 2.02. The van der Waals surface area contributed by atoms with Gasteiger partial charge in [-0.1, -0.05) is 12.8 Å². The Labute approximate surface area is 76.6 Å². The zero-order valence-corrected chi connectivity index (χ0v) is 7.40. The minimum atomic E-state index is -1.51. The van der Waals surface area contributed by atoms with Gasteiger partial charge in [0.05, 0.1) is 5.92 Å². The number of aliphatic hydroxyl groups is 1. The fourth-order valence-corrected chi connectivity index (χ4v) is 1.69. The largest absolute Gasteiger partial charge is 0.479 e. The number of hydrogen-bond acceptors (Lipinski definition) is 3. The van der Waals surface area contributed by atoms with Gasteiger partial charge in [-0.2, -0.15) is 0 Å². The molecule has 4 heteroatoms. The fraction of sp³-hybridized carbons (Fsp3) is 0.778. The Morgan fingerprint density at radius 1 is 1.38 bits per heavy atom. The van der Waals surface area contributed by atoms with Gasteiger partial charge >= 0.3 is 5.97 Å². The number of Topliss-reactive ketones (excluding diaryl/α,β-unsaturated/α-hetero) is 1. The van der Waals surface area contributed by atoms with Gasteiger partial charge in [0.15, 0.2) is 6.10 Å². The molecular formula is C9H14O4. The van der Waals surface area contributed by atoms with Gasteiger partial charge in [-0.3, -0.25) is 4.79 Å². The van der Waals surface area contributed by atoms with E-state index in [1.807, 2.05) is 0 Å². The number of carbonyl (C=O) groups is 2. The van der Waals surface area contributed by atoms with Crippen LogP contribution in [0.2, 0.25) is 0 Å². The van der Waals surface area contributed by atoms with E-state index in [-0.39, 0.29) is 5.78 Å². The summed E-state index contributed by atoms with van der Waals surface area (Å²) in [6.45, 7) is 0. The van der Waals surface area contributed by atoms with Crippen molar-refractivity contribution in [1.29, 1.82) is 0 Å². The van der Waals surface area contributed by atoms with Crippen LogP contribution in [0.25, 0.3) is 0 Å². The average Bonchev–Trinajstić information content (AvgIpc) is 2.28. The summed E-state index contributed by atoms with van der Waals surface area (Å²) in [5, 5.41) is 17.8. The van der Waals surface area contributed by atoms with Crippen LogP contribution in [0.1, 0.15) is 32.1 Å². The van der Waals surface area contributed by atoms with E-state index in [2.05, 4.69) is 0 Å². The first-order chi connectivity index (χ1) is 6.13. The molecule has 74 valence electrons. The number of aliphatic carboxylic acids is 1. The van der Waals surface area contributed by atoms with Gasteiger partial charge in [0.25, 0.3) is 0 Å². The van der Waals surface area contributed by atoms with Crippen molar-refractivity contribution in [3.05, 3.63) is 0 Å². The van der Waals surface area contributed by atoms with Crippen LogP contribution in [0.4, 0.5) is 0 Å². The molecule has 0 heterocycles. The standard InChI is InChI=1S/C9H14O4/c10-7-5-3-1-2-4-6(7)8(11)9(12)13/h6,8,11H,1-5H2,(H,12,13)/t6-,8-/m1/s1. The number of hydrogen-bond donors (Lipinski definition) is 2. The molecule has 0 bridgehead atoms. The highest BCUT2D eigenvalue weighted by molar-refractivity contribution is 5.87. The molecule has 0 saturated heterocycles. The van der Waals surface area contributed by atoms with Gasteiger partial charge in [0.1, 0.15) is 5.78 Å². The Hall–Kier alpha value is -0.900. The Morgan fingerprint density at radius 3 is 2.69 bits per heavy atom. The van der Waals surface area contributed by atoms with Gasteiger partial charge in [0.2, 0.25) is 0 Å². The predicted molar refractivity (Wildman–Crippen MR) is 45.2 cm³/mol. The maximum absolute atomic E-state index is 11.3. The summed E-state index contributed by atoms with van der Waals surface area (Å²) < 4.78 is 0. The molecule has 1 aliphatic carbocycles. The van der Waals surface area contributed by atoms with E-state index in [0.717, 1.165) is 19.3 Å². The maximum atomic E-state index is 11.3. The van der Waals surface area contributed by atoms with E-state index in [9.17, 15) is 14.7 Å². The van der Waals surface area contributed by atoms with E-state index >= 15 is 0 Å². The van der Waals surface area contributed by atoms with Crippen molar-refractivity contribution in [2.75, 3.05) is 0 Å². The van der Waals surface area contributed by atoms with Crippen LogP contribution in [0.15, 0.2) is 0 Å². The van der Waals surface area contributed by atoms with Crippen LogP contribution in [0, 0.1) is 5.92 Å². The minimum Gasteiger partial charge on any atom is -0.479 e. The third-order valence-corrected chi connectivity index (χ3v) is 2.49. The average molecular weight is 186 g/mol. The second kappa shape index (κ2) is 4.37. The van der Waals surface area contributed by atoms with Crippen molar-refractivity contribution < 1.29 is 19.8 Å². The lowest BCUT2D eigenvalue weighted by atomic mass is 9.93. The van der Waals surface area contributed by atoms with E-state index in [1.54, 1.807) is 0 Å². The zero-order valence-electron chi connectivity index (χ0n) is 7.40. The topological polar surface area (TPSA) is 74.6 Å². The molecule has 2 N–H and O–H groups in total. The summed E-state index contributed by atoms with van der Waals surface area (Å²) in [7, 11) is 0. The van der Waals surface area contributed by atoms with Gasteiger partial charge < -0.3 is 10.2 Å². The molecule has 0 aromatic carbocycles. The Balaban J connectivity index is 2.64. The smallest absolute Gasteiger partial charge is 0.333 e. The highest BCUT2D eigenvalue weighted by Gasteiger charge is 2.32. The number of carboxylic acids is 1. The molecule has 0 amide bonds. The Kier molecular flexibility index (Phi) is 3.42. The molecule has 1 saturated carbocycles. The van der Waals surface area contributed by atoms with E-state index in [1.165, 1.54) is 0 Å². The second-order valence-electron chi connectivity index (χ2n) is 3.46. The van der Waals surface area contributed by atoms with Gasteiger partial charge in [-0.05, 0) is 12.8 Å². The monoisotopic (exact) mass is 186 g/mol. The Morgan fingerprint density at radius 2 is 2.08 bits per heavy atom. The molecule has 1 fully saturated rings. The zero-order chi connectivity index (χ0) is 9.84. The maximum Gasteiger partial charge on any atom is 0.333 e. The summed E-state index contributed by atoms with van der Waals surface area (Å²) in [4.78, 5) is 21.8. The second-order valence-corrected chi connectivity index (χ2v) is 3.46. The molecule has 1 aliphatic rings. The van der Waals surface area contributed by atoms with Crippen LogP contribution in [-0.4, -0.2) is 28.1 Å². The van der Waals surface area contributed by atoms with E-state index in [4.69, 9.17) is 5.11 Å². The van der Waals surface area contributed by atoms with Crippen molar-refractivity contribution in [3.8, 4) is 0 Å². The molecule has 0 aromatic rings. The van der Waals surface area contributed by atoms with Crippen molar-refractivity contribution in [1.82, 2.24) is 0 Å². The van der Waals surface area contributed by atoms with E-state index in [0.29, 0.717) is 12.8 Å². The molecule has 0 unspecified atom stereocenters. The number of carboxylic acid groups (broad SMARTS) is 1. The molecule has 0 radical (unpaired) electrons. The number of rotatable bonds is 2. The number of aliphatic hydroxyl groups excluding tert-OH is 1. The van der Waals surface area contributed by atoms with Crippen molar-refractivity contribution >= 4 is 11.8 Å². The van der Waals surface area contributed by atoms with Crippen LogP contribution in [0.5, 0.6) is 0 Å². The van der Waals surface area contributed by atoms with Crippen LogP contribution < -0.4 is 0 Å².